The summed E-state index contributed by atoms with van der Waals surface area (Å²) in [7, 11) is 0. The molecule has 0 aromatic carbocycles. The highest BCUT2D eigenvalue weighted by Crippen LogP contribution is 2.25. The van der Waals surface area contributed by atoms with Crippen LogP contribution in [0.4, 0.5) is 16.3 Å². The third-order valence-electron chi connectivity index (χ3n) is 5.02. The van der Waals surface area contributed by atoms with Crippen LogP contribution in [0.3, 0.4) is 0 Å². The first kappa shape index (κ1) is 21.8. The molecule has 162 valence electrons. The van der Waals surface area contributed by atoms with E-state index in [-0.39, 0.29) is 6.29 Å². The lowest BCUT2D eigenvalue weighted by Gasteiger charge is -2.25. The third kappa shape index (κ3) is 7.48. The highest BCUT2D eigenvalue weighted by atomic mass is 16.7. The summed E-state index contributed by atoms with van der Waals surface area (Å²) in [6.45, 7) is 8.67. The van der Waals surface area contributed by atoms with Gasteiger partial charge < -0.3 is 19.1 Å². The molecule has 1 aromatic rings. The monoisotopic (exact) mass is 405 g/mol. The Bertz CT molecular complexity index is 661. The number of aromatic nitrogens is 1. The molecule has 1 unspecified atom stereocenters. The van der Waals surface area contributed by atoms with Crippen molar-refractivity contribution in [1.82, 2.24) is 4.98 Å². The summed E-state index contributed by atoms with van der Waals surface area (Å²) in [4.78, 5) is 19.2. The van der Waals surface area contributed by atoms with Gasteiger partial charge in [0.25, 0.3) is 0 Å². The quantitative estimate of drug-likeness (QED) is 0.755. The molecule has 7 heteroatoms. The Kier molecular flexibility index (Phi) is 7.72. The SMILES string of the molecule is CC(C)(C)OC(=O)Nc1cc(N2CCCCCC2)cc(COC2CCCCO2)n1. The molecule has 3 heterocycles. The molecule has 0 radical (unpaired) electrons. The van der Waals surface area contributed by atoms with Gasteiger partial charge in [-0.3, -0.25) is 5.32 Å². The third-order valence-corrected chi connectivity index (χ3v) is 5.02. The molecular weight excluding hydrogens is 370 g/mol. The van der Waals surface area contributed by atoms with Gasteiger partial charge in [0.1, 0.15) is 11.4 Å². The molecule has 0 aliphatic carbocycles. The first-order valence-electron chi connectivity index (χ1n) is 10.9. The maximum absolute atomic E-state index is 12.2. The number of carbonyl (C=O) groups excluding carboxylic acids is 1. The van der Waals surface area contributed by atoms with E-state index in [1.807, 2.05) is 26.8 Å². The molecule has 2 aliphatic rings. The average molecular weight is 406 g/mol. The number of ether oxygens (including phenoxy) is 3. The van der Waals surface area contributed by atoms with Gasteiger partial charge in [0.15, 0.2) is 6.29 Å². The van der Waals surface area contributed by atoms with Crippen LogP contribution in [0.25, 0.3) is 0 Å². The minimum absolute atomic E-state index is 0.172. The predicted molar refractivity (Wildman–Crippen MR) is 113 cm³/mol. The van der Waals surface area contributed by atoms with E-state index >= 15 is 0 Å². The topological polar surface area (TPSA) is 72.9 Å². The highest BCUT2D eigenvalue weighted by Gasteiger charge is 2.19. The molecular formula is C22H35N3O4. The minimum Gasteiger partial charge on any atom is -0.444 e. The number of pyridine rings is 1. The predicted octanol–water partition coefficient (Wildman–Crippen LogP) is 4.85. The highest BCUT2D eigenvalue weighted by molar-refractivity contribution is 5.84. The van der Waals surface area contributed by atoms with Gasteiger partial charge in [0, 0.05) is 31.5 Å². The van der Waals surface area contributed by atoms with Crippen molar-refractivity contribution in [1.29, 1.82) is 0 Å². The van der Waals surface area contributed by atoms with Crippen LogP contribution in [-0.4, -0.2) is 42.7 Å². The van der Waals surface area contributed by atoms with E-state index < -0.39 is 11.7 Å². The molecule has 2 aliphatic heterocycles. The number of nitrogens with one attached hydrogen (secondary N) is 1. The Hall–Kier alpha value is -1.86. The van der Waals surface area contributed by atoms with Crippen LogP contribution < -0.4 is 10.2 Å². The van der Waals surface area contributed by atoms with Crippen molar-refractivity contribution in [2.75, 3.05) is 29.9 Å². The molecule has 0 saturated carbocycles. The number of carbonyl (C=O) groups is 1. The van der Waals surface area contributed by atoms with Crippen LogP contribution in [0.2, 0.25) is 0 Å². The van der Waals surface area contributed by atoms with Crippen LogP contribution in [0, 0.1) is 0 Å². The Morgan fingerprint density at radius 3 is 2.59 bits per heavy atom. The fourth-order valence-electron chi connectivity index (χ4n) is 3.65. The Morgan fingerprint density at radius 2 is 1.93 bits per heavy atom. The Balaban J connectivity index is 1.73. The van der Waals surface area contributed by atoms with Gasteiger partial charge in [-0.25, -0.2) is 9.78 Å². The van der Waals surface area contributed by atoms with Crippen molar-refractivity contribution in [2.24, 2.45) is 0 Å². The summed E-state index contributed by atoms with van der Waals surface area (Å²) in [6, 6.07) is 3.99. The summed E-state index contributed by atoms with van der Waals surface area (Å²) in [5.74, 6) is 0.490. The maximum atomic E-state index is 12.2. The minimum atomic E-state index is -0.559. The zero-order valence-electron chi connectivity index (χ0n) is 18.0. The van der Waals surface area contributed by atoms with Crippen molar-refractivity contribution in [2.45, 2.75) is 84.2 Å². The Labute approximate surface area is 174 Å². The molecule has 2 fully saturated rings. The average Bonchev–Trinajstić information content (AvgIpc) is 2.95. The number of nitrogens with zero attached hydrogens (tertiary/aromatic N) is 2. The lowest BCUT2D eigenvalue weighted by Crippen LogP contribution is -2.28. The summed E-state index contributed by atoms with van der Waals surface area (Å²) in [5.41, 5.74) is 1.29. The van der Waals surface area contributed by atoms with E-state index in [1.54, 1.807) is 0 Å². The van der Waals surface area contributed by atoms with Gasteiger partial charge in [-0.2, -0.15) is 0 Å². The first-order chi connectivity index (χ1) is 13.9. The van der Waals surface area contributed by atoms with Crippen molar-refractivity contribution in [3.8, 4) is 0 Å². The lowest BCUT2D eigenvalue weighted by atomic mass is 10.2. The molecule has 1 atom stereocenters. The van der Waals surface area contributed by atoms with E-state index in [2.05, 4.69) is 21.3 Å². The maximum Gasteiger partial charge on any atom is 0.413 e. The molecule has 2 saturated heterocycles. The van der Waals surface area contributed by atoms with Gasteiger partial charge in [-0.1, -0.05) is 12.8 Å². The van der Waals surface area contributed by atoms with Gasteiger partial charge >= 0.3 is 6.09 Å². The summed E-state index contributed by atoms with van der Waals surface area (Å²) in [5, 5.41) is 2.79. The van der Waals surface area contributed by atoms with Crippen molar-refractivity contribution < 1.29 is 19.0 Å². The molecule has 7 nitrogen and oxygen atoms in total. The summed E-state index contributed by atoms with van der Waals surface area (Å²) in [6.07, 6.45) is 7.34. The molecule has 0 spiro atoms. The second-order valence-corrected chi connectivity index (χ2v) is 8.84. The van der Waals surface area contributed by atoms with Crippen LogP contribution in [0.1, 0.15) is 71.4 Å². The zero-order valence-corrected chi connectivity index (χ0v) is 18.0. The van der Waals surface area contributed by atoms with E-state index in [0.29, 0.717) is 12.4 Å². The number of rotatable bonds is 5. The van der Waals surface area contributed by atoms with Gasteiger partial charge in [-0.15, -0.1) is 0 Å². The molecule has 1 aromatic heterocycles. The number of amides is 1. The van der Waals surface area contributed by atoms with Gasteiger partial charge in [-0.05, 0) is 58.9 Å². The lowest BCUT2D eigenvalue weighted by molar-refractivity contribution is -0.169. The van der Waals surface area contributed by atoms with Crippen LogP contribution in [0.15, 0.2) is 12.1 Å². The number of hydrogen-bond donors (Lipinski definition) is 1. The summed E-state index contributed by atoms with van der Waals surface area (Å²) < 4.78 is 17.0. The van der Waals surface area contributed by atoms with Crippen LogP contribution in [0.5, 0.6) is 0 Å². The molecule has 29 heavy (non-hydrogen) atoms. The van der Waals surface area contributed by atoms with E-state index in [4.69, 9.17) is 14.2 Å². The molecule has 3 rings (SSSR count). The largest absolute Gasteiger partial charge is 0.444 e. The van der Waals surface area contributed by atoms with Gasteiger partial charge in [0.05, 0.1) is 12.3 Å². The molecule has 0 bridgehead atoms. The van der Waals surface area contributed by atoms with Crippen LogP contribution in [-0.2, 0) is 20.8 Å². The molecule has 1 amide bonds. The van der Waals surface area contributed by atoms with Crippen molar-refractivity contribution in [3.63, 3.8) is 0 Å². The van der Waals surface area contributed by atoms with Crippen molar-refractivity contribution in [3.05, 3.63) is 17.8 Å². The molecule has 1 N–H and O–H groups in total. The van der Waals surface area contributed by atoms with E-state index in [0.717, 1.165) is 50.3 Å². The number of hydrogen-bond acceptors (Lipinski definition) is 6. The fraction of sp³-hybridized carbons (Fsp3) is 0.727. The standard InChI is InChI=1S/C22H35N3O4/c1-22(2,3)29-21(26)24-19-15-18(25-11-7-4-5-8-12-25)14-17(23-19)16-28-20-10-6-9-13-27-20/h14-15,20H,4-13,16H2,1-3H3,(H,23,24,26). The second kappa shape index (κ2) is 10.3. The van der Waals surface area contributed by atoms with Crippen molar-refractivity contribution >= 4 is 17.6 Å². The fourth-order valence-corrected chi connectivity index (χ4v) is 3.65. The summed E-state index contributed by atoms with van der Waals surface area (Å²) >= 11 is 0. The zero-order chi connectivity index (χ0) is 20.7. The number of anilines is 2. The van der Waals surface area contributed by atoms with Crippen LogP contribution >= 0.6 is 0 Å². The second-order valence-electron chi connectivity index (χ2n) is 8.84. The van der Waals surface area contributed by atoms with E-state index in [9.17, 15) is 4.79 Å². The van der Waals surface area contributed by atoms with E-state index in [1.165, 1.54) is 25.7 Å². The van der Waals surface area contributed by atoms with Gasteiger partial charge in [0.2, 0.25) is 0 Å². The smallest absolute Gasteiger partial charge is 0.413 e. The Morgan fingerprint density at radius 1 is 1.17 bits per heavy atom. The first-order valence-corrected chi connectivity index (χ1v) is 10.9. The normalized spacial score (nSPS) is 20.8.